The number of nitrogens with one attached hydrogen (secondary N) is 2. The fraction of sp³-hybridized carbons (Fsp3) is 0.370. The summed E-state index contributed by atoms with van der Waals surface area (Å²) in [5.74, 6) is -0.238. The number of para-hydroxylation sites is 1. The predicted octanol–water partition coefficient (Wildman–Crippen LogP) is 3.49. The first-order valence-corrected chi connectivity index (χ1v) is 11.9. The molecule has 2 aliphatic heterocycles. The monoisotopic (exact) mass is 460 g/mol. The number of pyridine rings is 1. The Labute approximate surface area is 198 Å². The number of aromatic nitrogens is 1. The van der Waals surface area contributed by atoms with Crippen LogP contribution in [0, 0.1) is 11.2 Å². The van der Waals surface area contributed by atoms with Crippen molar-refractivity contribution in [3.63, 3.8) is 0 Å². The summed E-state index contributed by atoms with van der Waals surface area (Å²) in [7, 11) is 0. The maximum absolute atomic E-state index is 13.4. The first-order valence-electron chi connectivity index (χ1n) is 11.9. The molecule has 0 unspecified atom stereocenters. The third kappa shape index (κ3) is 4.28. The highest BCUT2D eigenvalue weighted by atomic mass is 19.1. The van der Waals surface area contributed by atoms with Crippen molar-refractivity contribution in [2.75, 3.05) is 26.2 Å². The van der Waals surface area contributed by atoms with Crippen LogP contribution in [0.25, 0.3) is 10.9 Å². The number of halogens is 1. The van der Waals surface area contributed by atoms with E-state index in [2.05, 4.69) is 20.5 Å². The zero-order valence-corrected chi connectivity index (χ0v) is 19.3. The van der Waals surface area contributed by atoms with Crippen LogP contribution in [-0.2, 0) is 4.79 Å². The zero-order chi connectivity index (χ0) is 23.7. The first-order chi connectivity index (χ1) is 16.4. The van der Waals surface area contributed by atoms with Crippen LogP contribution in [0.5, 0.6) is 0 Å². The molecular formula is C27H29FN4O2. The Morgan fingerprint density at radius 1 is 1.21 bits per heavy atom. The van der Waals surface area contributed by atoms with Crippen LogP contribution in [0.1, 0.15) is 41.6 Å². The lowest BCUT2D eigenvalue weighted by Crippen LogP contribution is -2.49. The fourth-order valence-corrected chi connectivity index (χ4v) is 5.50. The molecule has 2 atom stereocenters. The predicted molar refractivity (Wildman–Crippen MR) is 129 cm³/mol. The SMILES string of the molecule is C[C@@H](CN1CCC2(CC1)C(=O)NC[C@H]2c1ccc(F)cc1)NC(=O)c1cnc2ccccc2c1. The average molecular weight is 461 g/mol. The van der Waals surface area contributed by atoms with E-state index in [4.69, 9.17) is 0 Å². The largest absolute Gasteiger partial charge is 0.355 e. The van der Waals surface area contributed by atoms with Crippen LogP contribution in [-0.4, -0.2) is 53.9 Å². The summed E-state index contributed by atoms with van der Waals surface area (Å²) >= 11 is 0. The molecule has 2 fully saturated rings. The summed E-state index contributed by atoms with van der Waals surface area (Å²) < 4.78 is 13.4. The van der Waals surface area contributed by atoms with Crippen LogP contribution in [0.3, 0.4) is 0 Å². The number of nitrogens with zero attached hydrogens (tertiary/aromatic N) is 2. The molecule has 3 aromatic rings. The van der Waals surface area contributed by atoms with Crippen molar-refractivity contribution in [2.45, 2.75) is 31.7 Å². The molecule has 2 amide bonds. The molecule has 0 aliphatic carbocycles. The number of hydrogen-bond donors (Lipinski definition) is 2. The number of amides is 2. The molecule has 0 bridgehead atoms. The van der Waals surface area contributed by atoms with E-state index in [0.29, 0.717) is 18.7 Å². The van der Waals surface area contributed by atoms with E-state index in [1.165, 1.54) is 12.1 Å². The van der Waals surface area contributed by atoms with Gasteiger partial charge in [0.15, 0.2) is 0 Å². The highest BCUT2D eigenvalue weighted by Crippen LogP contribution is 2.47. The van der Waals surface area contributed by atoms with E-state index in [0.717, 1.165) is 42.4 Å². The maximum Gasteiger partial charge on any atom is 0.253 e. The summed E-state index contributed by atoms with van der Waals surface area (Å²) in [6.07, 6.45) is 3.11. The van der Waals surface area contributed by atoms with E-state index in [9.17, 15) is 14.0 Å². The molecule has 176 valence electrons. The molecule has 6 nitrogen and oxygen atoms in total. The van der Waals surface area contributed by atoms with Gasteiger partial charge >= 0.3 is 0 Å². The molecule has 1 aromatic heterocycles. The summed E-state index contributed by atoms with van der Waals surface area (Å²) in [6, 6.07) is 16.1. The molecule has 2 aliphatic rings. The number of carbonyl (C=O) groups excluding carboxylic acids is 2. The van der Waals surface area contributed by atoms with Gasteiger partial charge in [-0.15, -0.1) is 0 Å². The summed E-state index contributed by atoms with van der Waals surface area (Å²) in [5, 5.41) is 7.06. The van der Waals surface area contributed by atoms with Gasteiger partial charge < -0.3 is 15.5 Å². The average Bonchev–Trinajstić information content (AvgIpc) is 3.16. The van der Waals surface area contributed by atoms with Gasteiger partial charge in [0.1, 0.15) is 5.82 Å². The molecule has 2 saturated heterocycles. The Hall–Kier alpha value is -3.32. The van der Waals surface area contributed by atoms with Crippen molar-refractivity contribution in [1.29, 1.82) is 0 Å². The fourth-order valence-electron chi connectivity index (χ4n) is 5.50. The Bertz CT molecular complexity index is 1200. The number of piperidine rings is 1. The molecule has 34 heavy (non-hydrogen) atoms. The van der Waals surface area contributed by atoms with E-state index in [1.54, 1.807) is 18.3 Å². The number of likely N-dealkylation sites (tertiary alicyclic amines) is 1. The molecule has 7 heteroatoms. The van der Waals surface area contributed by atoms with Gasteiger partial charge in [-0.3, -0.25) is 14.6 Å². The van der Waals surface area contributed by atoms with Crippen molar-refractivity contribution < 1.29 is 14.0 Å². The molecule has 1 spiro atoms. The molecule has 2 N–H and O–H groups in total. The zero-order valence-electron chi connectivity index (χ0n) is 19.3. The maximum atomic E-state index is 13.4. The van der Waals surface area contributed by atoms with Gasteiger partial charge in [0.25, 0.3) is 5.91 Å². The van der Waals surface area contributed by atoms with Crippen molar-refractivity contribution in [1.82, 2.24) is 20.5 Å². The van der Waals surface area contributed by atoms with E-state index < -0.39 is 5.41 Å². The number of rotatable bonds is 5. The minimum atomic E-state index is -0.447. The van der Waals surface area contributed by atoms with Gasteiger partial charge in [-0.1, -0.05) is 30.3 Å². The number of benzene rings is 2. The lowest BCUT2D eigenvalue weighted by atomic mass is 9.68. The normalized spacial score (nSPS) is 20.9. The topological polar surface area (TPSA) is 74.3 Å². The number of fused-ring (bicyclic) bond motifs is 1. The molecular weight excluding hydrogens is 431 g/mol. The van der Waals surface area contributed by atoms with Gasteiger partial charge in [-0.05, 0) is 62.7 Å². The van der Waals surface area contributed by atoms with Gasteiger partial charge in [0, 0.05) is 36.6 Å². The van der Waals surface area contributed by atoms with E-state index in [-0.39, 0.29) is 29.6 Å². The third-order valence-electron chi connectivity index (χ3n) is 7.37. The molecule has 3 heterocycles. The van der Waals surface area contributed by atoms with Gasteiger partial charge in [-0.25, -0.2) is 4.39 Å². The van der Waals surface area contributed by atoms with Crippen molar-refractivity contribution in [3.05, 3.63) is 77.7 Å². The molecule has 5 rings (SSSR count). The van der Waals surface area contributed by atoms with Crippen LogP contribution in [0.2, 0.25) is 0 Å². The smallest absolute Gasteiger partial charge is 0.253 e. The Balaban J connectivity index is 1.19. The molecule has 0 radical (unpaired) electrons. The second-order valence-electron chi connectivity index (χ2n) is 9.56. The second kappa shape index (κ2) is 9.14. The summed E-state index contributed by atoms with van der Waals surface area (Å²) in [4.78, 5) is 32.3. The van der Waals surface area contributed by atoms with Crippen LogP contribution in [0.15, 0.2) is 60.8 Å². The second-order valence-corrected chi connectivity index (χ2v) is 9.56. The van der Waals surface area contributed by atoms with Crippen LogP contribution >= 0.6 is 0 Å². The number of carbonyl (C=O) groups is 2. The van der Waals surface area contributed by atoms with Gasteiger partial charge in [0.2, 0.25) is 5.91 Å². The lowest BCUT2D eigenvalue weighted by Gasteiger charge is -2.41. The van der Waals surface area contributed by atoms with Crippen molar-refractivity contribution in [3.8, 4) is 0 Å². The molecule has 0 saturated carbocycles. The first kappa shape index (κ1) is 22.5. The highest BCUT2D eigenvalue weighted by molar-refractivity contribution is 5.97. The quantitative estimate of drug-likeness (QED) is 0.611. The van der Waals surface area contributed by atoms with Crippen molar-refractivity contribution >= 4 is 22.7 Å². The standard InChI is InChI=1S/C27H29FN4O2/c1-18(31-25(33)21-14-20-4-2-3-5-24(20)29-15-21)17-32-12-10-27(11-13-32)23(16-30-26(27)34)19-6-8-22(28)9-7-19/h2-9,14-15,18,23H,10-13,16-17H2,1H3,(H,30,34)(H,31,33)/t18-,23-/m0/s1. The Morgan fingerprint density at radius 3 is 2.71 bits per heavy atom. The third-order valence-corrected chi connectivity index (χ3v) is 7.37. The Morgan fingerprint density at radius 2 is 1.94 bits per heavy atom. The van der Waals surface area contributed by atoms with E-state index >= 15 is 0 Å². The number of hydrogen-bond acceptors (Lipinski definition) is 4. The molecule has 2 aromatic carbocycles. The minimum absolute atomic E-state index is 0.0432. The minimum Gasteiger partial charge on any atom is -0.355 e. The van der Waals surface area contributed by atoms with Crippen LogP contribution < -0.4 is 10.6 Å². The lowest BCUT2D eigenvalue weighted by molar-refractivity contribution is -0.130. The van der Waals surface area contributed by atoms with Gasteiger partial charge in [-0.2, -0.15) is 0 Å². The summed E-state index contributed by atoms with van der Waals surface area (Å²) in [5.41, 5.74) is 1.98. The van der Waals surface area contributed by atoms with Crippen LogP contribution in [0.4, 0.5) is 4.39 Å². The van der Waals surface area contributed by atoms with Gasteiger partial charge in [0.05, 0.1) is 16.5 Å². The Kier molecular flexibility index (Phi) is 6.04. The van der Waals surface area contributed by atoms with Crippen molar-refractivity contribution in [2.24, 2.45) is 5.41 Å². The highest BCUT2D eigenvalue weighted by Gasteiger charge is 2.51. The summed E-state index contributed by atoms with van der Waals surface area (Å²) in [6.45, 7) is 4.87. The van der Waals surface area contributed by atoms with E-state index in [1.807, 2.05) is 37.3 Å².